The van der Waals surface area contributed by atoms with E-state index in [1.54, 1.807) is 7.11 Å². The van der Waals surface area contributed by atoms with Crippen LogP contribution in [0.2, 0.25) is 0 Å². The monoisotopic (exact) mass is 327 g/mol. The molecule has 0 saturated heterocycles. The second-order valence-corrected chi connectivity index (χ2v) is 6.86. The van der Waals surface area contributed by atoms with E-state index in [1.165, 1.54) is 12.8 Å². The minimum Gasteiger partial charge on any atom is -0.495 e. The van der Waals surface area contributed by atoms with E-state index >= 15 is 0 Å². The SMILES string of the molecule is COc1ccc(Br)cc1NC(CC(C)C)CC(C)C. The molecular weight excluding hydrogens is 302 g/mol. The predicted octanol–water partition coefficient (Wildman–Crippen LogP) is 5.33. The highest BCUT2D eigenvalue weighted by atomic mass is 79.9. The highest BCUT2D eigenvalue weighted by molar-refractivity contribution is 9.10. The van der Waals surface area contributed by atoms with Gasteiger partial charge in [-0.1, -0.05) is 43.6 Å². The summed E-state index contributed by atoms with van der Waals surface area (Å²) in [6.45, 7) is 9.08. The number of hydrogen-bond acceptors (Lipinski definition) is 2. The van der Waals surface area contributed by atoms with Crippen molar-refractivity contribution in [2.45, 2.75) is 46.6 Å². The molecule has 0 aliphatic rings. The fourth-order valence-corrected chi connectivity index (χ4v) is 2.73. The minimum atomic E-state index is 0.489. The molecule has 108 valence electrons. The molecule has 0 fully saturated rings. The topological polar surface area (TPSA) is 21.3 Å². The zero-order chi connectivity index (χ0) is 14.4. The quantitative estimate of drug-likeness (QED) is 0.730. The number of anilines is 1. The third-order valence-electron chi connectivity index (χ3n) is 3.03. The lowest BCUT2D eigenvalue weighted by atomic mass is 9.95. The number of nitrogens with one attached hydrogen (secondary N) is 1. The Bertz CT molecular complexity index is 380. The van der Waals surface area contributed by atoms with Crippen LogP contribution in [0.3, 0.4) is 0 Å². The van der Waals surface area contributed by atoms with Crippen LogP contribution in [0.5, 0.6) is 5.75 Å². The number of ether oxygens (including phenoxy) is 1. The Morgan fingerprint density at radius 3 is 2.16 bits per heavy atom. The third-order valence-corrected chi connectivity index (χ3v) is 3.53. The normalized spacial score (nSPS) is 11.4. The molecule has 0 spiro atoms. The summed E-state index contributed by atoms with van der Waals surface area (Å²) in [6, 6.07) is 6.58. The van der Waals surface area contributed by atoms with Crippen LogP contribution in [0.4, 0.5) is 5.69 Å². The van der Waals surface area contributed by atoms with Gasteiger partial charge in [-0.15, -0.1) is 0 Å². The van der Waals surface area contributed by atoms with Crippen molar-refractivity contribution in [2.24, 2.45) is 11.8 Å². The Morgan fingerprint density at radius 2 is 1.68 bits per heavy atom. The predicted molar refractivity (Wildman–Crippen MR) is 87.0 cm³/mol. The second-order valence-electron chi connectivity index (χ2n) is 5.94. The summed E-state index contributed by atoms with van der Waals surface area (Å²) < 4.78 is 6.50. The van der Waals surface area contributed by atoms with Crippen LogP contribution in [-0.2, 0) is 0 Å². The van der Waals surface area contributed by atoms with E-state index in [1.807, 2.05) is 12.1 Å². The molecular formula is C16H26BrNO. The third kappa shape index (κ3) is 5.85. The first-order valence-corrected chi connectivity index (χ1v) is 7.81. The van der Waals surface area contributed by atoms with Crippen molar-refractivity contribution in [3.63, 3.8) is 0 Å². The van der Waals surface area contributed by atoms with Crippen LogP contribution in [0.25, 0.3) is 0 Å². The second kappa shape index (κ2) is 7.78. The molecule has 2 nitrogen and oxygen atoms in total. The molecule has 0 aromatic heterocycles. The Kier molecular flexibility index (Phi) is 6.70. The lowest BCUT2D eigenvalue weighted by Gasteiger charge is -2.24. The van der Waals surface area contributed by atoms with Crippen molar-refractivity contribution in [1.29, 1.82) is 0 Å². The Hall–Kier alpha value is -0.700. The van der Waals surface area contributed by atoms with E-state index in [2.05, 4.69) is 55.0 Å². The molecule has 19 heavy (non-hydrogen) atoms. The first-order valence-electron chi connectivity index (χ1n) is 7.02. The first kappa shape index (κ1) is 16.4. The summed E-state index contributed by atoms with van der Waals surface area (Å²) in [5.41, 5.74) is 1.07. The molecule has 3 heteroatoms. The van der Waals surface area contributed by atoms with E-state index in [0.29, 0.717) is 17.9 Å². The van der Waals surface area contributed by atoms with Gasteiger partial charge in [0.1, 0.15) is 5.75 Å². The van der Waals surface area contributed by atoms with Crippen molar-refractivity contribution in [1.82, 2.24) is 0 Å². The summed E-state index contributed by atoms with van der Waals surface area (Å²) in [6.07, 6.45) is 2.35. The molecule has 0 atom stereocenters. The van der Waals surface area contributed by atoms with Gasteiger partial charge in [-0.3, -0.25) is 0 Å². The maximum Gasteiger partial charge on any atom is 0.142 e. The van der Waals surface area contributed by atoms with E-state index in [4.69, 9.17) is 4.74 Å². The van der Waals surface area contributed by atoms with E-state index in [9.17, 15) is 0 Å². The maximum absolute atomic E-state index is 5.43. The lowest BCUT2D eigenvalue weighted by molar-refractivity contribution is 0.411. The van der Waals surface area contributed by atoms with Crippen LogP contribution < -0.4 is 10.1 Å². The van der Waals surface area contributed by atoms with Gasteiger partial charge in [0, 0.05) is 10.5 Å². The smallest absolute Gasteiger partial charge is 0.142 e. The first-order chi connectivity index (χ1) is 8.92. The lowest BCUT2D eigenvalue weighted by Crippen LogP contribution is -2.23. The van der Waals surface area contributed by atoms with Crippen LogP contribution in [0.1, 0.15) is 40.5 Å². The van der Waals surface area contributed by atoms with Crippen molar-refractivity contribution in [3.8, 4) is 5.75 Å². The minimum absolute atomic E-state index is 0.489. The summed E-state index contributed by atoms with van der Waals surface area (Å²) in [5, 5.41) is 3.65. The van der Waals surface area contributed by atoms with Crippen molar-refractivity contribution in [3.05, 3.63) is 22.7 Å². The van der Waals surface area contributed by atoms with Gasteiger partial charge >= 0.3 is 0 Å². The van der Waals surface area contributed by atoms with Crippen molar-refractivity contribution < 1.29 is 4.74 Å². The molecule has 0 bridgehead atoms. The Morgan fingerprint density at radius 1 is 1.11 bits per heavy atom. The van der Waals surface area contributed by atoms with Crippen LogP contribution in [0, 0.1) is 11.8 Å². The summed E-state index contributed by atoms with van der Waals surface area (Å²) in [7, 11) is 1.72. The number of rotatable bonds is 7. The zero-order valence-corrected chi connectivity index (χ0v) is 14.3. The number of benzene rings is 1. The van der Waals surface area contributed by atoms with Gasteiger partial charge in [-0.05, 0) is 42.9 Å². The molecule has 0 aliphatic heterocycles. The Balaban J connectivity index is 2.85. The summed E-state index contributed by atoms with van der Waals surface area (Å²) >= 11 is 3.52. The molecule has 1 N–H and O–H groups in total. The molecule has 0 aliphatic carbocycles. The van der Waals surface area contributed by atoms with Crippen LogP contribution >= 0.6 is 15.9 Å². The van der Waals surface area contributed by atoms with Crippen molar-refractivity contribution in [2.75, 3.05) is 12.4 Å². The molecule has 0 unspecified atom stereocenters. The van der Waals surface area contributed by atoms with Gasteiger partial charge in [0.05, 0.1) is 12.8 Å². The average Bonchev–Trinajstić information content (AvgIpc) is 2.27. The molecule has 0 saturated carbocycles. The fraction of sp³-hybridized carbons (Fsp3) is 0.625. The largest absolute Gasteiger partial charge is 0.495 e. The summed E-state index contributed by atoms with van der Waals surface area (Å²) in [5.74, 6) is 2.28. The zero-order valence-electron chi connectivity index (χ0n) is 12.7. The average molecular weight is 328 g/mol. The molecule has 0 radical (unpaired) electrons. The maximum atomic E-state index is 5.43. The highest BCUT2D eigenvalue weighted by Gasteiger charge is 2.15. The van der Waals surface area contributed by atoms with Gasteiger partial charge in [0.2, 0.25) is 0 Å². The Labute approximate surface area is 126 Å². The molecule has 1 aromatic carbocycles. The standard InChI is InChI=1S/C16H26BrNO/c1-11(2)8-14(9-12(3)4)18-15-10-13(17)6-7-16(15)19-5/h6-7,10-12,14,18H,8-9H2,1-5H3. The highest BCUT2D eigenvalue weighted by Crippen LogP contribution is 2.30. The fourth-order valence-electron chi connectivity index (χ4n) is 2.37. The van der Waals surface area contributed by atoms with Crippen LogP contribution in [0.15, 0.2) is 22.7 Å². The van der Waals surface area contributed by atoms with Crippen LogP contribution in [-0.4, -0.2) is 13.2 Å². The van der Waals surface area contributed by atoms with E-state index in [0.717, 1.165) is 15.9 Å². The molecule has 1 rings (SSSR count). The van der Waals surface area contributed by atoms with Gasteiger partial charge < -0.3 is 10.1 Å². The van der Waals surface area contributed by atoms with Gasteiger partial charge in [-0.2, -0.15) is 0 Å². The van der Waals surface area contributed by atoms with Gasteiger partial charge in [0.15, 0.2) is 0 Å². The number of hydrogen-bond donors (Lipinski definition) is 1. The summed E-state index contributed by atoms with van der Waals surface area (Å²) in [4.78, 5) is 0. The number of halogens is 1. The molecule has 0 heterocycles. The van der Waals surface area contributed by atoms with Crippen molar-refractivity contribution >= 4 is 21.6 Å². The molecule has 0 amide bonds. The van der Waals surface area contributed by atoms with E-state index < -0.39 is 0 Å². The number of methoxy groups -OCH3 is 1. The van der Waals surface area contributed by atoms with E-state index in [-0.39, 0.29) is 0 Å². The van der Waals surface area contributed by atoms with Gasteiger partial charge in [0.25, 0.3) is 0 Å². The molecule has 1 aromatic rings. The van der Waals surface area contributed by atoms with Gasteiger partial charge in [-0.25, -0.2) is 0 Å².